The van der Waals surface area contributed by atoms with Crippen LogP contribution in [0.4, 0.5) is 0 Å². The van der Waals surface area contributed by atoms with E-state index in [1.807, 2.05) is 0 Å². The molecule has 2 rings (SSSR count). The van der Waals surface area contributed by atoms with E-state index in [1.165, 1.54) is 13.3 Å². The van der Waals surface area contributed by atoms with Crippen LogP contribution in [-0.4, -0.2) is 23.2 Å². The Morgan fingerprint density at radius 3 is 3.00 bits per heavy atom. The van der Waals surface area contributed by atoms with E-state index in [4.69, 9.17) is 9.84 Å². The Kier molecular flexibility index (Phi) is 2.25. The second-order valence-corrected chi connectivity index (χ2v) is 2.97. The second kappa shape index (κ2) is 3.57. The van der Waals surface area contributed by atoms with Crippen molar-refractivity contribution >= 4 is 16.9 Å². The van der Waals surface area contributed by atoms with Gasteiger partial charge in [-0.3, -0.25) is 4.98 Å². The SMILES string of the molecule is COc1ccc2nc[c]c(C(=O)O)c2c1. The van der Waals surface area contributed by atoms with E-state index in [2.05, 4.69) is 11.1 Å². The maximum absolute atomic E-state index is 10.9. The number of aromatic carboxylic acids is 1. The van der Waals surface area contributed by atoms with Crippen LogP contribution >= 0.6 is 0 Å². The van der Waals surface area contributed by atoms with E-state index in [-0.39, 0.29) is 5.56 Å². The van der Waals surface area contributed by atoms with E-state index in [0.29, 0.717) is 16.7 Å². The molecule has 75 valence electrons. The molecule has 0 saturated heterocycles. The Morgan fingerprint density at radius 1 is 1.53 bits per heavy atom. The summed E-state index contributed by atoms with van der Waals surface area (Å²) in [4.78, 5) is 14.9. The number of carbonyl (C=O) groups is 1. The molecule has 0 fully saturated rings. The van der Waals surface area contributed by atoms with Gasteiger partial charge in [0.1, 0.15) is 5.75 Å². The number of nitrogens with zero attached hydrogens (tertiary/aromatic N) is 1. The monoisotopic (exact) mass is 202 g/mol. The molecular formula is C11H8NO3. The zero-order valence-electron chi connectivity index (χ0n) is 8.02. The lowest BCUT2D eigenvalue weighted by molar-refractivity contribution is 0.0698. The fourth-order valence-electron chi connectivity index (χ4n) is 1.38. The number of ether oxygens (including phenoxy) is 1. The topological polar surface area (TPSA) is 59.4 Å². The van der Waals surface area contributed by atoms with Crippen LogP contribution in [0.25, 0.3) is 10.9 Å². The number of carboxylic acids is 1. The highest BCUT2D eigenvalue weighted by Gasteiger charge is 2.09. The smallest absolute Gasteiger partial charge is 0.337 e. The van der Waals surface area contributed by atoms with Gasteiger partial charge < -0.3 is 9.84 Å². The van der Waals surface area contributed by atoms with Crippen molar-refractivity contribution in [3.63, 3.8) is 0 Å². The van der Waals surface area contributed by atoms with Crippen molar-refractivity contribution in [2.24, 2.45) is 0 Å². The third-order valence-corrected chi connectivity index (χ3v) is 2.10. The summed E-state index contributed by atoms with van der Waals surface area (Å²) < 4.78 is 5.02. The quantitative estimate of drug-likeness (QED) is 0.805. The van der Waals surface area contributed by atoms with Crippen LogP contribution in [0.1, 0.15) is 10.4 Å². The van der Waals surface area contributed by atoms with Gasteiger partial charge in [0.05, 0.1) is 18.2 Å². The number of benzene rings is 1. The summed E-state index contributed by atoms with van der Waals surface area (Å²) in [6.45, 7) is 0. The first kappa shape index (κ1) is 9.45. The molecule has 2 aromatic rings. The number of hydrogen-bond acceptors (Lipinski definition) is 3. The average molecular weight is 202 g/mol. The van der Waals surface area contributed by atoms with Crippen LogP contribution < -0.4 is 4.74 Å². The molecule has 1 N–H and O–H groups in total. The molecule has 0 atom stereocenters. The predicted molar refractivity (Wildman–Crippen MR) is 54.1 cm³/mol. The second-order valence-electron chi connectivity index (χ2n) is 2.97. The van der Waals surface area contributed by atoms with E-state index in [0.717, 1.165) is 0 Å². The van der Waals surface area contributed by atoms with Crippen LogP contribution in [0.2, 0.25) is 0 Å². The van der Waals surface area contributed by atoms with Crippen LogP contribution in [0.5, 0.6) is 5.75 Å². The molecule has 0 saturated carbocycles. The van der Waals surface area contributed by atoms with Gasteiger partial charge in [0, 0.05) is 17.6 Å². The summed E-state index contributed by atoms with van der Waals surface area (Å²) in [5.41, 5.74) is 0.728. The van der Waals surface area contributed by atoms with Gasteiger partial charge in [-0.1, -0.05) is 0 Å². The predicted octanol–water partition coefficient (Wildman–Crippen LogP) is 1.74. The first-order valence-electron chi connectivity index (χ1n) is 4.30. The lowest BCUT2D eigenvalue weighted by atomic mass is 10.1. The summed E-state index contributed by atoms with van der Waals surface area (Å²) in [5, 5.41) is 9.48. The normalized spacial score (nSPS) is 10.2. The van der Waals surface area contributed by atoms with Crippen molar-refractivity contribution < 1.29 is 14.6 Å². The number of methoxy groups -OCH3 is 1. The zero-order valence-corrected chi connectivity index (χ0v) is 8.02. The third-order valence-electron chi connectivity index (χ3n) is 2.10. The van der Waals surface area contributed by atoms with Crippen molar-refractivity contribution in [3.8, 4) is 5.75 Å². The molecule has 15 heavy (non-hydrogen) atoms. The Labute approximate surface area is 86.1 Å². The standard InChI is InChI=1S/C11H8NO3/c1-15-7-2-3-10-9(6-7)8(11(13)14)4-5-12-10/h2-3,5-6H,1H3,(H,13,14). The molecule has 1 aromatic heterocycles. The molecule has 0 bridgehead atoms. The maximum Gasteiger partial charge on any atom is 0.337 e. The van der Waals surface area contributed by atoms with Crippen molar-refractivity contribution in [2.75, 3.05) is 7.11 Å². The number of carboxylic acid groups (broad SMARTS) is 1. The molecule has 1 aromatic carbocycles. The molecule has 0 spiro atoms. The Morgan fingerprint density at radius 2 is 2.33 bits per heavy atom. The average Bonchev–Trinajstić information content (AvgIpc) is 2.27. The lowest BCUT2D eigenvalue weighted by Gasteiger charge is -2.03. The summed E-state index contributed by atoms with van der Waals surface area (Å²) in [5.74, 6) is -0.415. The molecule has 1 radical (unpaired) electrons. The van der Waals surface area contributed by atoms with Crippen molar-refractivity contribution in [3.05, 3.63) is 36.0 Å². The van der Waals surface area contributed by atoms with Gasteiger partial charge in [-0.2, -0.15) is 0 Å². The van der Waals surface area contributed by atoms with Gasteiger partial charge in [-0.25, -0.2) is 4.79 Å². The van der Waals surface area contributed by atoms with Gasteiger partial charge >= 0.3 is 5.97 Å². The number of pyridine rings is 1. The van der Waals surface area contributed by atoms with Gasteiger partial charge in [0.25, 0.3) is 0 Å². The Bertz CT molecular complexity index is 522. The van der Waals surface area contributed by atoms with Crippen molar-refractivity contribution in [2.45, 2.75) is 0 Å². The summed E-state index contributed by atoms with van der Waals surface area (Å²) >= 11 is 0. The van der Waals surface area contributed by atoms with E-state index < -0.39 is 5.97 Å². The summed E-state index contributed by atoms with van der Waals surface area (Å²) in [7, 11) is 1.53. The van der Waals surface area contributed by atoms with Gasteiger partial charge in [0.2, 0.25) is 0 Å². The summed E-state index contributed by atoms with van der Waals surface area (Å²) in [6, 6.07) is 7.69. The first-order valence-corrected chi connectivity index (χ1v) is 4.30. The van der Waals surface area contributed by atoms with Crippen molar-refractivity contribution in [1.82, 2.24) is 4.98 Å². The van der Waals surface area contributed by atoms with Gasteiger partial charge in [-0.05, 0) is 18.2 Å². The first-order chi connectivity index (χ1) is 7.22. The Hall–Kier alpha value is -2.10. The van der Waals surface area contributed by atoms with E-state index in [1.54, 1.807) is 18.2 Å². The molecule has 4 nitrogen and oxygen atoms in total. The summed E-state index contributed by atoms with van der Waals surface area (Å²) in [6.07, 6.45) is 1.36. The van der Waals surface area contributed by atoms with Gasteiger partial charge in [-0.15, -0.1) is 0 Å². The fraction of sp³-hybridized carbons (Fsp3) is 0.0909. The van der Waals surface area contributed by atoms with E-state index in [9.17, 15) is 4.79 Å². The van der Waals surface area contributed by atoms with Crippen molar-refractivity contribution in [1.29, 1.82) is 0 Å². The molecule has 0 aliphatic rings. The molecule has 4 heteroatoms. The Balaban J connectivity index is 2.76. The zero-order chi connectivity index (χ0) is 10.8. The minimum Gasteiger partial charge on any atom is -0.497 e. The highest BCUT2D eigenvalue weighted by Crippen LogP contribution is 2.21. The highest BCUT2D eigenvalue weighted by molar-refractivity contribution is 6.02. The van der Waals surface area contributed by atoms with Gasteiger partial charge in [0.15, 0.2) is 0 Å². The number of hydrogen-bond donors (Lipinski definition) is 1. The minimum absolute atomic E-state index is 0.110. The number of rotatable bonds is 2. The maximum atomic E-state index is 10.9. The molecular weight excluding hydrogens is 194 g/mol. The fourth-order valence-corrected chi connectivity index (χ4v) is 1.38. The largest absolute Gasteiger partial charge is 0.497 e. The molecule has 0 aliphatic carbocycles. The van der Waals surface area contributed by atoms with E-state index >= 15 is 0 Å². The van der Waals surface area contributed by atoms with Crippen LogP contribution in [-0.2, 0) is 0 Å². The van der Waals surface area contributed by atoms with Crippen LogP contribution in [0, 0.1) is 6.07 Å². The lowest BCUT2D eigenvalue weighted by Crippen LogP contribution is -1.98. The highest BCUT2D eigenvalue weighted by atomic mass is 16.5. The molecule has 0 unspecified atom stereocenters. The molecule has 0 amide bonds. The molecule has 0 aliphatic heterocycles. The van der Waals surface area contributed by atoms with Crippen LogP contribution in [0.3, 0.4) is 0 Å². The number of aromatic nitrogens is 1. The molecule has 1 heterocycles. The van der Waals surface area contributed by atoms with Crippen LogP contribution in [0.15, 0.2) is 24.4 Å². The third kappa shape index (κ3) is 1.61. The minimum atomic E-state index is -1.02. The number of fused-ring (bicyclic) bond motifs is 1.